The number of pyridine rings is 2. The van der Waals surface area contributed by atoms with Gasteiger partial charge < -0.3 is 14.4 Å². The minimum atomic E-state index is 0.0620. The van der Waals surface area contributed by atoms with E-state index in [0.29, 0.717) is 37.1 Å². The second kappa shape index (κ2) is 7.19. The summed E-state index contributed by atoms with van der Waals surface area (Å²) in [5.41, 5.74) is 0.684. The standard InChI is InChI=1S/C19H21N3O3/c23-19(15-4-7-20-8-5-15)22-9-10-24-17-12-14(11-16(17)22)13-25-18-3-1-2-6-21-18/h1-8,14,16-17H,9-13H2. The number of amides is 1. The monoisotopic (exact) mass is 339 g/mol. The lowest BCUT2D eigenvalue weighted by Crippen LogP contribution is -2.51. The Bertz CT molecular complexity index is 710. The normalized spacial score (nSPS) is 25.4. The van der Waals surface area contributed by atoms with Gasteiger partial charge >= 0.3 is 0 Å². The molecule has 1 aliphatic heterocycles. The maximum absolute atomic E-state index is 12.8. The molecular formula is C19H21N3O3. The maximum Gasteiger partial charge on any atom is 0.254 e. The first-order valence-electron chi connectivity index (χ1n) is 8.67. The van der Waals surface area contributed by atoms with E-state index in [0.717, 1.165) is 12.8 Å². The van der Waals surface area contributed by atoms with Crippen LogP contribution in [0.1, 0.15) is 23.2 Å². The first kappa shape index (κ1) is 16.0. The molecule has 0 N–H and O–H groups in total. The van der Waals surface area contributed by atoms with Crippen LogP contribution in [0.15, 0.2) is 48.9 Å². The van der Waals surface area contributed by atoms with Gasteiger partial charge in [0.25, 0.3) is 5.91 Å². The van der Waals surface area contributed by atoms with Gasteiger partial charge in [0.2, 0.25) is 5.88 Å². The second-order valence-corrected chi connectivity index (χ2v) is 6.53. The van der Waals surface area contributed by atoms with Crippen LogP contribution in [0.5, 0.6) is 5.88 Å². The Morgan fingerprint density at radius 1 is 1.20 bits per heavy atom. The van der Waals surface area contributed by atoms with Crippen molar-refractivity contribution >= 4 is 5.91 Å². The molecule has 130 valence electrons. The van der Waals surface area contributed by atoms with Crippen molar-refractivity contribution in [2.24, 2.45) is 5.92 Å². The van der Waals surface area contributed by atoms with Gasteiger partial charge in [-0.1, -0.05) is 6.07 Å². The molecule has 0 spiro atoms. The van der Waals surface area contributed by atoms with Crippen LogP contribution in [0, 0.1) is 5.92 Å². The SMILES string of the molecule is O=C(c1ccncc1)N1CCOC2CC(COc3ccccn3)CC21. The molecule has 2 aromatic heterocycles. The fourth-order valence-corrected chi connectivity index (χ4v) is 3.73. The molecule has 2 aromatic rings. The third kappa shape index (κ3) is 3.49. The number of rotatable bonds is 4. The molecule has 1 saturated carbocycles. The molecule has 3 unspecified atom stereocenters. The smallest absolute Gasteiger partial charge is 0.254 e. The van der Waals surface area contributed by atoms with Crippen LogP contribution < -0.4 is 4.74 Å². The molecule has 25 heavy (non-hydrogen) atoms. The Morgan fingerprint density at radius 3 is 2.88 bits per heavy atom. The fourth-order valence-electron chi connectivity index (χ4n) is 3.73. The molecule has 0 bridgehead atoms. The van der Waals surface area contributed by atoms with E-state index in [2.05, 4.69) is 9.97 Å². The average Bonchev–Trinajstić information content (AvgIpc) is 3.10. The van der Waals surface area contributed by atoms with E-state index in [-0.39, 0.29) is 18.1 Å². The number of aromatic nitrogens is 2. The zero-order valence-corrected chi connectivity index (χ0v) is 14.0. The molecule has 4 rings (SSSR count). The minimum absolute atomic E-state index is 0.0620. The Morgan fingerprint density at radius 2 is 2.08 bits per heavy atom. The molecule has 1 aliphatic carbocycles. The summed E-state index contributed by atoms with van der Waals surface area (Å²) in [4.78, 5) is 23.0. The summed E-state index contributed by atoms with van der Waals surface area (Å²) in [5.74, 6) is 1.07. The molecule has 1 amide bonds. The highest BCUT2D eigenvalue weighted by Gasteiger charge is 2.43. The van der Waals surface area contributed by atoms with Crippen molar-refractivity contribution in [3.63, 3.8) is 0 Å². The molecule has 6 heteroatoms. The van der Waals surface area contributed by atoms with Crippen LogP contribution in [0.2, 0.25) is 0 Å². The number of nitrogens with zero attached hydrogens (tertiary/aromatic N) is 3. The summed E-state index contributed by atoms with van der Waals surface area (Å²) in [7, 11) is 0. The lowest BCUT2D eigenvalue weighted by atomic mass is 10.1. The van der Waals surface area contributed by atoms with Gasteiger partial charge in [-0.05, 0) is 37.0 Å². The number of hydrogen-bond donors (Lipinski definition) is 0. The van der Waals surface area contributed by atoms with Crippen molar-refractivity contribution in [2.75, 3.05) is 19.8 Å². The van der Waals surface area contributed by atoms with Crippen LogP contribution in [0.25, 0.3) is 0 Å². The van der Waals surface area contributed by atoms with Crippen molar-refractivity contribution in [1.29, 1.82) is 0 Å². The van der Waals surface area contributed by atoms with Gasteiger partial charge in [0, 0.05) is 36.8 Å². The fraction of sp³-hybridized carbons (Fsp3) is 0.421. The Labute approximate surface area is 146 Å². The Balaban J connectivity index is 1.41. The van der Waals surface area contributed by atoms with Crippen molar-refractivity contribution in [3.05, 3.63) is 54.5 Å². The predicted molar refractivity (Wildman–Crippen MR) is 91.3 cm³/mol. The van der Waals surface area contributed by atoms with E-state index < -0.39 is 0 Å². The predicted octanol–water partition coefficient (Wildman–Crippen LogP) is 2.18. The van der Waals surface area contributed by atoms with Gasteiger partial charge in [0.15, 0.2) is 0 Å². The number of hydrogen-bond acceptors (Lipinski definition) is 5. The summed E-state index contributed by atoms with van der Waals surface area (Å²) >= 11 is 0. The topological polar surface area (TPSA) is 64.6 Å². The highest BCUT2D eigenvalue weighted by molar-refractivity contribution is 5.94. The minimum Gasteiger partial charge on any atom is -0.477 e. The Hall–Kier alpha value is -2.47. The lowest BCUT2D eigenvalue weighted by Gasteiger charge is -2.37. The molecule has 0 radical (unpaired) electrons. The number of morpholine rings is 1. The zero-order valence-electron chi connectivity index (χ0n) is 14.0. The molecule has 2 aliphatic rings. The van der Waals surface area contributed by atoms with E-state index in [1.807, 2.05) is 23.1 Å². The van der Waals surface area contributed by atoms with Gasteiger partial charge in [0.1, 0.15) is 0 Å². The van der Waals surface area contributed by atoms with Crippen molar-refractivity contribution in [1.82, 2.24) is 14.9 Å². The maximum atomic E-state index is 12.8. The molecular weight excluding hydrogens is 318 g/mol. The van der Waals surface area contributed by atoms with E-state index in [1.54, 1.807) is 30.7 Å². The Kier molecular flexibility index (Phi) is 4.61. The summed E-state index contributed by atoms with van der Waals surface area (Å²) in [6, 6.07) is 9.29. The quantitative estimate of drug-likeness (QED) is 0.854. The number of ether oxygens (including phenoxy) is 2. The van der Waals surface area contributed by atoms with Crippen molar-refractivity contribution in [2.45, 2.75) is 25.0 Å². The zero-order chi connectivity index (χ0) is 17.1. The van der Waals surface area contributed by atoms with Gasteiger partial charge in [-0.2, -0.15) is 0 Å². The average molecular weight is 339 g/mol. The third-order valence-electron chi connectivity index (χ3n) is 4.93. The van der Waals surface area contributed by atoms with Crippen LogP contribution in [-0.2, 0) is 4.74 Å². The first-order valence-corrected chi connectivity index (χ1v) is 8.67. The van der Waals surface area contributed by atoms with E-state index >= 15 is 0 Å². The van der Waals surface area contributed by atoms with E-state index in [4.69, 9.17) is 9.47 Å². The second-order valence-electron chi connectivity index (χ2n) is 6.53. The van der Waals surface area contributed by atoms with Crippen molar-refractivity contribution in [3.8, 4) is 5.88 Å². The summed E-state index contributed by atoms with van der Waals surface area (Å²) in [5, 5.41) is 0. The van der Waals surface area contributed by atoms with Crippen molar-refractivity contribution < 1.29 is 14.3 Å². The van der Waals surface area contributed by atoms with Crippen LogP contribution in [0.4, 0.5) is 0 Å². The van der Waals surface area contributed by atoms with Crippen LogP contribution >= 0.6 is 0 Å². The number of carbonyl (C=O) groups is 1. The number of carbonyl (C=O) groups excluding carboxylic acids is 1. The van der Waals surface area contributed by atoms with Gasteiger partial charge in [-0.15, -0.1) is 0 Å². The summed E-state index contributed by atoms with van der Waals surface area (Å²) in [6.07, 6.45) is 6.94. The lowest BCUT2D eigenvalue weighted by molar-refractivity contribution is -0.0448. The van der Waals surface area contributed by atoms with Crippen LogP contribution in [-0.4, -0.2) is 52.7 Å². The van der Waals surface area contributed by atoms with Gasteiger partial charge in [-0.3, -0.25) is 9.78 Å². The first-order chi connectivity index (χ1) is 12.3. The highest BCUT2D eigenvalue weighted by atomic mass is 16.5. The summed E-state index contributed by atoms with van der Waals surface area (Å²) in [6.45, 7) is 1.83. The highest BCUT2D eigenvalue weighted by Crippen LogP contribution is 2.35. The summed E-state index contributed by atoms with van der Waals surface area (Å²) < 4.78 is 11.7. The van der Waals surface area contributed by atoms with E-state index in [1.165, 1.54) is 0 Å². The molecule has 3 heterocycles. The van der Waals surface area contributed by atoms with Gasteiger partial charge in [0.05, 0.1) is 25.4 Å². The molecule has 6 nitrogen and oxygen atoms in total. The van der Waals surface area contributed by atoms with Gasteiger partial charge in [-0.25, -0.2) is 4.98 Å². The molecule has 1 saturated heterocycles. The third-order valence-corrected chi connectivity index (χ3v) is 4.93. The largest absolute Gasteiger partial charge is 0.477 e. The molecule has 2 fully saturated rings. The van der Waals surface area contributed by atoms with Crippen LogP contribution in [0.3, 0.4) is 0 Å². The number of fused-ring (bicyclic) bond motifs is 1. The van der Waals surface area contributed by atoms with E-state index in [9.17, 15) is 4.79 Å². The molecule has 3 atom stereocenters. The molecule has 0 aromatic carbocycles.